The smallest absolute Gasteiger partial charge is 0.325 e. The van der Waals surface area contributed by atoms with Crippen LogP contribution in [0.1, 0.15) is 0 Å². The molecule has 0 bridgehead atoms. The lowest BCUT2D eigenvalue weighted by molar-refractivity contribution is -0.116. The normalized spacial score (nSPS) is 10.7. The van der Waals surface area contributed by atoms with Crippen molar-refractivity contribution in [1.82, 2.24) is 9.13 Å². The third kappa shape index (κ3) is 3.32. The molecule has 1 N–H and O–H groups in total. The van der Waals surface area contributed by atoms with Gasteiger partial charge in [0, 0.05) is 12.2 Å². The van der Waals surface area contributed by atoms with Gasteiger partial charge in [0.2, 0.25) is 5.91 Å². The molecule has 6 nitrogen and oxygen atoms in total. The maximum atomic E-state index is 13.0. The largest absolute Gasteiger partial charge is 0.332 e. The highest BCUT2D eigenvalue weighted by Crippen LogP contribution is 2.10. The number of hydrogen-bond acceptors (Lipinski definition) is 3. The van der Waals surface area contributed by atoms with Gasteiger partial charge in [0.1, 0.15) is 12.4 Å². The Morgan fingerprint density at radius 2 is 1.77 bits per heavy atom. The molecule has 0 aliphatic carbocycles. The van der Waals surface area contributed by atoms with Crippen LogP contribution in [0.25, 0.3) is 10.9 Å². The molecular formula is C19H16FN3O3. The summed E-state index contributed by atoms with van der Waals surface area (Å²) < 4.78 is 15.2. The summed E-state index contributed by atoms with van der Waals surface area (Å²) in [5, 5.41) is 2.94. The van der Waals surface area contributed by atoms with Crippen molar-refractivity contribution in [3.05, 3.63) is 87.8 Å². The molecule has 2 aromatic carbocycles. The number of carbonyl (C=O) groups is 1. The minimum atomic E-state index is -0.595. The van der Waals surface area contributed by atoms with Crippen LogP contribution < -0.4 is 16.6 Å². The Hall–Kier alpha value is -3.48. The lowest BCUT2D eigenvalue weighted by Gasteiger charge is -2.13. The predicted molar refractivity (Wildman–Crippen MR) is 97.7 cm³/mol. The van der Waals surface area contributed by atoms with Gasteiger partial charge in [-0.1, -0.05) is 18.2 Å². The number of hydrogen-bond donors (Lipinski definition) is 1. The van der Waals surface area contributed by atoms with Gasteiger partial charge < -0.3 is 5.32 Å². The molecular weight excluding hydrogens is 337 g/mol. The van der Waals surface area contributed by atoms with E-state index in [0.717, 1.165) is 4.57 Å². The number of nitrogens with one attached hydrogen (secondary N) is 1. The zero-order chi connectivity index (χ0) is 18.7. The van der Waals surface area contributed by atoms with E-state index in [9.17, 15) is 18.8 Å². The van der Waals surface area contributed by atoms with Crippen LogP contribution >= 0.6 is 0 Å². The third-order valence-electron chi connectivity index (χ3n) is 3.87. The first kappa shape index (κ1) is 17.3. The van der Waals surface area contributed by atoms with Gasteiger partial charge in [0.05, 0.1) is 10.9 Å². The van der Waals surface area contributed by atoms with Crippen LogP contribution in [0.2, 0.25) is 0 Å². The number of benzene rings is 2. The summed E-state index contributed by atoms with van der Waals surface area (Å²) in [6.45, 7) is 3.31. The molecule has 7 heteroatoms. The Labute approximate surface area is 147 Å². The van der Waals surface area contributed by atoms with E-state index < -0.39 is 23.0 Å². The number of para-hydroxylation sites is 1. The number of allylic oxidation sites excluding steroid dienone is 1. The topological polar surface area (TPSA) is 73.1 Å². The summed E-state index contributed by atoms with van der Waals surface area (Å²) in [4.78, 5) is 37.5. The van der Waals surface area contributed by atoms with Crippen LogP contribution in [-0.4, -0.2) is 15.0 Å². The maximum absolute atomic E-state index is 13.0. The van der Waals surface area contributed by atoms with Crippen LogP contribution in [0.15, 0.2) is 70.8 Å². The van der Waals surface area contributed by atoms with Crippen molar-refractivity contribution in [3.8, 4) is 0 Å². The van der Waals surface area contributed by atoms with E-state index in [-0.39, 0.29) is 13.1 Å². The van der Waals surface area contributed by atoms with E-state index in [2.05, 4.69) is 11.9 Å². The molecule has 0 saturated carbocycles. The van der Waals surface area contributed by atoms with Gasteiger partial charge in [-0.2, -0.15) is 0 Å². The number of carbonyl (C=O) groups excluding carboxylic acids is 1. The molecule has 1 heterocycles. The summed E-state index contributed by atoms with van der Waals surface area (Å²) >= 11 is 0. The van der Waals surface area contributed by atoms with Gasteiger partial charge in [-0.15, -0.1) is 6.58 Å². The Kier molecular flexibility index (Phi) is 4.79. The second kappa shape index (κ2) is 7.18. The zero-order valence-electron chi connectivity index (χ0n) is 13.8. The van der Waals surface area contributed by atoms with E-state index in [1.807, 2.05) is 0 Å². The van der Waals surface area contributed by atoms with Crippen molar-refractivity contribution < 1.29 is 9.18 Å². The second-order valence-electron chi connectivity index (χ2n) is 5.65. The quantitative estimate of drug-likeness (QED) is 0.714. The standard InChI is InChI=1S/C19H16FN3O3/c1-2-11-22-18(25)15-5-3-4-6-16(15)23(19(22)26)12-17(24)21-14-9-7-13(20)8-10-14/h2-10H,1,11-12H2,(H,21,24). The first-order valence-electron chi connectivity index (χ1n) is 7.90. The first-order chi connectivity index (χ1) is 12.5. The van der Waals surface area contributed by atoms with E-state index >= 15 is 0 Å². The molecule has 1 aromatic heterocycles. The summed E-state index contributed by atoms with van der Waals surface area (Å²) in [6, 6.07) is 11.9. The molecule has 0 aliphatic heterocycles. The highest BCUT2D eigenvalue weighted by atomic mass is 19.1. The SMILES string of the molecule is C=CCn1c(=O)c2ccccc2n(CC(=O)Nc2ccc(F)cc2)c1=O. The molecule has 0 fully saturated rings. The fourth-order valence-corrected chi connectivity index (χ4v) is 2.69. The van der Waals surface area contributed by atoms with Gasteiger partial charge in [0.25, 0.3) is 5.56 Å². The van der Waals surface area contributed by atoms with Crippen LogP contribution in [0.3, 0.4) is 0 Å². The molecule has 132 valence electrons. The summed E-state index contributed by atoms with van der Waals surface area (Å²) in [5.74, 6) is -0.880. The highest BCUT2D eigenvalue weighted by Gasteiger charge is 2.14. The van der Waals surface area contributed by atoms with Gasteiger partial charge in [-0.05, 0) is 36.4 Å². The van der Waals surface area contributed by atoms with Gasteiger partial charge >= 0.3 is 5.69 Å². The number of nitrogens with zero attached hydrogens (tertiary/aromatic N) is 2. The minimum absolute atomic E-state index is 0.0437. The van der Waals surface area contributed by atoms with Gasteiger partial charge in [-0.25, -0.2) is 9.18 Å². The molecule has 0 saturated heterocycles. The average Bonchev–Trinajstić information content (AvgIpc) is 2.64. The third-order valence-corrected chi connectivity index (χ3v) is 3.87. The molecule has 3 rings (SSSR count). The average molecular weight is 353 g/mol. The highest BCUT2D eigenvalue weighted by molar-refractivity contribution is 5.91. The first-order valence-corrected chi connectivity index (χ1v) is 7.90. The van der Waals surface area contributed by atoms with Crippen molar-refractivity contribution >= 4 is 22.5 Å². The molecule has 0 aliphatic rings. The fourth-order valence-electron chi connectivity index (χ4n) is 2.69. The molecule has 3 aromatic rings. The fraction of sp³-hybridized carbons (Fsp3) is 0.105. The van der Waals surface area contributed by atoms with Gasteiger partial charge in [-0.3, -0.25) is 18.7 Å². The summed E-state index contributed by atoms with van der Waals surface area (Å²) in [7, 11) is 0. The Balaban J connectivity index is 2.02. The van der Waals surface area contributed by atoms with Gasteiger partial charge in [0.15, 0.2) is 0 Å². The molecule has 26 heavy (non-hydrogen) atoms. The predicted octanol–water partition coefficient (Wildman–Crippen LogP) is 2.13. The van der Waals surface area contributed by atoms with E-state index in [1.54, 1.807) is 24.3 Å². The number of amides is 1. The van der Waals surface area contributed by atoms with Crippen LogP contribution in [0.4, 0.5) is 10.1 Å². The monoisotopic (exact) mass is 353 g/mol. The lowest BCUT2D eigenvalue weighted by atomic mass is 10.2. The zero-order valence-corrected chi connectivity index (χ0v) is 13.8. The number of anilines is 1. The van der Waals surface area contributed by atoms with E-state index in [1.165, 1.54) is 34.9 Å². The lowest BCUT2D eigenvalue weighted by Crippen LogP contribution is -2.41. The summed E-state index contributed by atoms with van der Waals surface area (Å²) in [5.41, 5.74) is -0.242. The summed E-state index contributed by atoms with van der Waals surface area (Å²) in [6.07, 6.45) is 1.44. The van der Waals surface area contributed by atoms with Crippen molar-refractivity contribution in [3.63, 3.8) is 0 Å². The van der Waals surface area contributed by atoms with Crippen LogP contribution in [0.5, 0.6) is 0 Å². The molecule has 1 amide bonds. The number of fused-ring (bicyclic) bond motifs is 1. The molecule has 0 spiro atoms. The molecule has 0 radical (unpaired) electrons. The Bertz CT molecular complexity index is 1100. The van der Waals surface area contributed by atoms with Crippen molar-refractivity contribution in [2.75, 3.05) is 5.32 Å². The Morgan fingerprint density at radius 1 is 1.08 bits per heavy atom. The van der Waals surface area contributed by atoms with E-state index in [0.29, 0.717) is 16.6 Å². The second-order valence-corrected chi connectivity index (χ2v) is 5.65. The van der Waals surface area contributed by atoms with Crippen LogP contribution in [-0.2, 0) is 17.9 Å². The van der Waals surface area contributed by atoms with Crippen molar-refractivity contribution in [1.29, 1.82) is 0 Å². The Morgan fingerprint density at radius 3 is 2.46 bits per heavy atom. The number of rotatable bonds is 5. The number of halogens is 1. The van der Waals surface area contributed by atoms with E-state index in [4.69, 9.17) is 0 Å². The van der Waals surface area contributed by atoms with Crippen molar-refractivity contribution in [2.45, 2.75) is 13.1 Å². The minimum Gasteiger partial charge on any atom is -0.325 e. The number of aromatic nitrogens is 2. The molecule has 0 unspecified atom stereocenters. The maximum Gasteiger partial charge on any atom is 0.332 e. The van der Waals surface area contributed by atoms with Crippen molar-refractivity contribution in [2.24, 2.45) is 0 Å². The molecule has 0 atom stereocenters. The van der Waals surface area contributed by atoms with Crippen LogP contribution in [0, 0.1) is 5.82 Å².